The molecule has 18 heavy (non-hydrogen) atoms. The molecule has 0 amide bonds. The van der Waals surface area contributed by atoms with Crippen molar-refractivity contribution in [3.63, 3.8) is 0 Å². The van der Waals surface area contributed by atoms with Crippen LogP contribution in [0, 0.1) is 0 Å². The van der Waals surface area contributed by atoms with Crippen molar-refractivity contribution in [1.29, 1.82) is 0 Å². The molecule has 1 aromatic heterocycles. The Morgan fingerprint density at radius 1 is 1.11 bits per heavy atom. The minimum Gasteiger partial charge on any atom is -0.511 e. The second-order valence-corrected chi connectivity index (χ2v) is 4.48. The molecule has 0 unspecified atom stereocenters. The molecule has 1 aliphatic rings. The molecule has 0 aliphatic heterocycles. The number of benzene rings is 1. The molecule has 1 heterocycles. The van der Waals surface area contributed by atoms with Crippen molar-refractivity contribution in [2.75, 3.05) is 0 Å². The van der Waals surface area contributed by atoms with E-state index in [9.17, 15) is 9.90 Å². The Morgan fingerprint density at radius 2 is 1.94 bits per heavy atom. The van der Waals surface area contributed by atoms with E-state index < -0.39 is 0 Å². The third-order valence-corrected chi connectivity index (χ3v) is 3.30. The second-order valence-electron chi connectivity index (χ2n) is 4.48. The first-order valence-electron chi connectivity index (χ1n) is 6.07. The first-order chi connectivity index (χ1) is 8.77. The lowest BCUT2D eigenvalue weighted by Crippen LogP contribution is -2.12. The van der Waals surface area contributed by atoms with E-state index in [4.69, 9.17) is 0 Å². The average Bonchev–Trinajstić information content (AvgIpc) is 2.39. The lowest BCUT2D eigenvalue weighted by atomic mass is 9.91. The number of hydrogen-bond donors (Lipinski definition) is 1. The van der Waals surface area contributed by atoms with Gasteiger partial charge in [-0.25, -0.2) is 0 Å². The molecule has 1 N–H and O–H groups in total. The molecule has 1 aromatic carbocycles. The van der Waals surface area contributed by atoms with E-state index in [0.717, 1.165) is 17.2 Å². The molecule has 2 aromatic rings. The number of carbonyl (C=O) groups is 1. The topological polar surface area (TPSA) is 50.2 Å². The number of aliphatic hydroxyl groups is 1. The standard InChI is InChI=1S/C15H13NO2/c17-12-6-3-7-13(18)14(12)15-11-5-2-1-4-10(11)8-9-16-15/h1-2,4-5,8-9,17H,3,6-7H2. The highest BCUT2D eigenvalue weighted by molar-refractivity contribution is 6.24. The number of rotatable bonds is 1. The van der Waals surface area contributed by atoms with Gasteiger partial charge in [0.05, 0.1) is 11.3 Å². The summed E-state index contributed by atoms with van der Waals surface area (Å²) in [4.78, 5) is 16.3. The fourth-order valence-corrected chi connectivity index (χ4v) is 2.41. The van der Waals surface area contributed by atoms with Crippen LogP contribution < -0.4 is 0 Å². The summed E-state index contributed by atoms with van der Waals surface area (Å²) in [5.74, 6) is 0.165. The van der Waals surface area contributed by atoms with Gasteiger partial charge in [-0.2, -0.15) is 0 Å². The number of pyridine rings is 1. The molecular formula is C15H13NO2. The molecule has 1 aliphatic carbocycles. The monoisotopic (exact) mass is 239 g/mol. The maximum Gasteiger partial charge on any atom is 0.168 e. The SMILES string of the molecule is O=C1CCCC(O)=C1c1nccc2ccccc12. The van der Waals surface area contributed by atoms with Crippen LogP contribution in [0.2, 0.25) is 0 Å². The summed E-state index contributed by atoms with van der Waals surface area (Å²) < 4.78 is 0. The molecule has 3 nitrogen and oxygen atoms in total. The van der Waals surface area contributed by atoms with E-state index >= 15 is 0 Å². The van der Waals surface area contributed by atoms with Gasteiger partial charge >= 0.3 is 0 Å². The Labute approximate surface area is 105 Å². The van der Waals surface area contributed by atoms with Gasteiger partial charge in [-0.3, -0.25) is 9.78 Å². The minimum atomic E-state index is -0.0115. The third kappa shape index (κ3) is 1.68. The van der Waals surface area contributed by atoms with E-state index in [1.165, 1.54) is 0 Å². The Bertz CT molecular complexity index is 653. The lowest BCUT2D eigenvalue weighted by Gasteiger charge is -2.15. The zero-order valence-electron chi connectivity index (χ0n) is 9.89. The number of fused-ring (bicyclic) bond motifs is 1. The largest absolute Gasteiger partial charge is 0.511 e. The quantitative estimate of drug-likeness (QED) is 0.831. The highest BCUT2D eigenvalue weighted by Crippen LogP contribution is 2.31. The van der Waals surface area contributed by atoms with E-state index in [0.29, 0.717) is 24.1 Å². The van der Waals surface area contributed by atoms with Gasteiger partial charge in [0.25, 0.3) is 0 Å². The van der Waals surface area contributed by atoms with Crippen molar-refractivity contribution < 1.29 is 9.90 Å². The van der Waals surface area contributed by atoms with E-state index in [1.54, 1.807) is 6.20 Å². The van der Waals surface area contributed by atoms with Gasteiger partial charge in [0.2, 0.25) is 0 Å². The average molecular weight is 239 g/mol. The molecule has 0 fully saturated rings. The van der Waals surface area contributed by atoms with Crippen molar-refractivity contribution >= 4 is 22.1 Å². The fraction of sp³-hybridized carbons (Fsp3) is 0.200. The lowest BCUT2D eigenvalue weighted by molar-refractivity contribution is -0.114. The van der Waals surface area contributed by atoms with E-state index in [1.807, 2.05) is 30.3 Å². The summed E-state index contributed by atoms with van der Waals surface area (Å²) in [6.45, 7) is 0. The molecule has 0 saturated carbocycles. The molecule has 0 spiro atoms. The number of aliphatic hydroxyl groups excluding tert-OH is 1. The number of carbonyl (C=O) groups excluding carboxylic acids is 1. The Hall–Kier alpha value is -2.16. The molecule has 0 saturated heterocycles. The van der Waals surface area contributed by atoms with Crippen LogP contribution in [0.1, 0.15) is 25.0 Å². The maximum atomic E-state index is 12.0. The van der Waals surface area contributed by atoms with Crippen LogP contribution in [0.15, 0.2) is 42.3 Å². The van der Waals surface area contributed by atoms with Crippen LogP contribution in [0.25, 0.3) is 16.3 Å². The van der Waals surface area contributed by atoms with Gasteiger partial charge < -0.3 is 5.11 Å². The van der Waals surface area contributed by atoms with Gasteiger partial charge in [-0.05, 0) is 17.9 Å². The normalized spacial score (nSPS) is 16.3. The van der Waals surface area contributed by atoms with Crippen LogP contribution >= 0.6 is 0 Å². The first-order valence-corrected chi connectivity index (χ1v) is 6.07. The van der Waals surface area contributed by atoms with Crippen LogP contribution in [0.3, 0.4) is 0 Å². The molecule has 90 valence electrons. The van der Waals surface area contributed by atoms with Crippen molar-refractivity contribution in [1.82, 2.24) is 4.98 Å². The maximum absolute atomic E-state index is 12.0. The van der Waals surface area contributed by atoms with Gasteiger partial charge in [0.1, 0.15) is 5.76 Å². The molecule has 0 radical (unpaired) electrons. The van der Waals surface area contributed by atoms with Gasteiger partial charge in [-0.1, -0.05) is 24.3 Å². The minimum absolute atomic E-state index is 0.0115. The predicted molar refractivity (Wildman–Crippen MR) is 70.1 cm³/mol. The van der Waals surface area contributed by atoms with Crippen molar-refractivity contribution in [3.8, 4) is 0 Å². The number of hydrogen-bond acceptors (Lipinski definition) is 3. The summed E-state index contributed by atoms with van der Waals surface area (Å²) in [6, 6.07) is 9.68. The highest BCUT2D eigenvalue weighted by Gasteiger charge is 2.24. The summed E-state index contributed by atoms with van der Waals surface area (Å²) in [5, 5.41) is 11.9. The fourth-order valence-electron chi connectivity index (χ4n) is 2.41. The molecule has 3 heteroatoms. The number of allylic oxidation sites excluding steroid dienone is 2. The zero-order valence-corrected chi connectivity index (χ0v) is 9.89. The van der Waals surface area contributed by atoms with E-state index in [2.05, 4.69) is 4.98 Å². The number of ketones is 1. The Kier molecular flexibility index (Phi) is 2.59. The summed E-state index contributed by atoms with van der Waals surface area (Å²) in [6.07, 6.45) is 3.45. The van der Waals surface area contributed by atoms with Gasteiger partial charge in [0, 0.05) is 24.4 Å². The molecular weight excluding hydrogens is 226 g/mol. The Morgan fingerprint density at radius 3 is 2.78 bits per heavy atom. The molecule has 0 atom stereocenters. The Balaban J connectivity index is 2.29. The number of Topliss-reactive ketones (excluding diaryl/α,β-unsaturated/α-hetero) is 1. The summed E-state index contributed by atoms with van der Waals surface area (Å²) in [5.41, 5.74) is 1.01. The third-order valence-electron chi connectivity index (χ3n) is 3.30. The molecule has 3 rings (SSSR count). The van der Waals surface area contributed by atoms with Gasteiger partial charge in [0.15, 0.2) is 5.78 Å². The van der Waals surface area contributed by atoms with Gasteiger partial charge in [-0.15, -0.1) is 0 Å². The van der Waals surface area contributed by atoms with Crippen LogP contribution in [-0.4, -0.2) is 15.9 Å². The highest BCUT2D eigenvalue weighted by atomic mass is 16.3. The zero-order chi connectivity index (χ0) is 12.5. The smallest absolute Gasteiger partial charge is 0.168 e. The summed E-state index contributed by atoms with van der Waals surface area (Å²) in [7, 11) is 0. The molecule has 0 bridgehead atoms. The van der Waals surface area contributed by atoms with Crippen molar-refractivity contribution in [2.24, 2.45) is 0 Å². The number of nitrogens with zero attached hydrogens (tertiary/aromatic N) is 1. The van der Waals surface area contributed by atoms with Crippen LogP contribution in [-0.2, 0) is 4.79 Å². The van der Waals surface area contributed by atoms with Crippen LogP contribution in [0.4, 0.5) is 0 Å². The predicted octanol–water partition coefficient (Wildman–Crippen LogP) is 3.26. The van der Waals surface area contributed by atoms with Crippen LogP contribution in [0.5, 0.6) is 0 Å². The van der Waals surface area contributed by atoms with Crippen molar-refractivity contribution in [2.45, 2.75) is 19.3 Å². The summed E-state index contributed by atoms with van der Waals surface area (Å²) >= 11 is 0. The second kappa shape index (κ2) is 4.26. The number of aromatic nitrogens is 1. The first kappa shape index (κ1) is 11.0. The van der Waals surface area contributed by atoms with E-state index in [-0.39, 0.29) is 11.5 Å². The van der Waals surface area contributed by atoms with Crippen molar-refractivity contribution in [3.05, 3.63) is 48.0 Å².